The third-order valence-corrected chi connectivity index (χ3v) is 6.24. The molecular formula is C17H32. The van der Waals surface area contributed by atoms with E-state index in [2.05, 4.69) is 41.5 Å². The van der Waals surface area contributed by atoms with Crippen molar-refractivity contribution in [3.63, 3.8) is 0 Å². The van der Waals surface area contributed by atoms with E-state index in [-0.39, 0.29) is 0 Å². The van der Waals surface area contributed by atoms with Gasteiger partial charge in [-0.05, 0) is 60.2 Å². The van der Waals surface area contributed by atoms with Crippen LogP contribution in [0.3, 0.4) is 0 Å². The lowest BCUT2D eigenvalue weighted by Crippen LogP contribution is -2.32. The van der Waals surface area contributed by atoms with Gasteiger partial charge in [0.1, 0.15) is 0 Å². The van der Waals surface area contributed by atoms with Gasteiger partial charge in [-0.3, -0.25) is 0 Å². The third-order valence-electron chi connectivity index (χ3n) is 6.24. The van der Waals surface area contributed by atoms with Gasteiger partial charge in [-0.2, -0.15) is 0 Å². The summed E-state index contributed by atoms with van der Waals surface area (Å²) in [5.74, 6) is 5.79. The van der Waals surface area contributed by atoms with E-state index in [1.165, 1.54) is 12.8 Å². The Morgan fingerprint density at radius 3 is 2.06 bits per heavy atom. The van der Waals surface area contributed by atoms with Gasteiger partial charge < -0.3 is 0 Å². The molecule has 2 aliphatic carbocycles. The molecule has 0 nitrogen and oxygen atoms in total. The maximum atomic E-state index is 2.49. The second-order valence-electron chi connectivity index (χ2n) is 7.76. The van der Waals surface area contributed by atoms with Crippen LogP contribution in [0.5, 0.6) is 0 Å². The molecule has 5 unspecified atom stereocenters. The predicted octanol–water partition coefficient (Wildman–Crippen LogP) is 5.38. The molecule has 0 amide bonds. The van der Waals surface area contributed by atoms with Gasteiger partial charge in [0, 0.05) is 0 Å². The first-order chi connectivity index (χ1) is 7.91. The zero-order chi connectivity index (χ0) is 12.8. The van der Waals surface area contributed by atoms with Crippen LogP contribution in [-0.2, 0) is 0 Å². The van der Waals surface area contributed by atoms with Crippen molar-refractivity contribution >= 4 is 0 Å². The van der Waals surface area contributed by atoms with Crippen LogP contribution >= 0.6 is 0 Å². The molecular weight excluding hydrogens is 204 g/mol. The number of rotatable bonds is 6. The highest BCUT2D eigenvalue weighted by Crippen LogP contribution is 2.74. The fourth-order valence-electron chi connectivity index (χ4n) is 4.52. The van der Waals surface area contributed by atoms with Crippen LogP contribution in [0.2, 0.25) is 0 Å². The predicted molar refractivity (Wildman–Crippen MR) is 75.9 cm³/mol. The van der Waals surface area contributed by atoms with Crippen molar-refractivity contribution in [2.75, 3.05) is 0 Å². The topological polar surface area (TPSA) is 0 Å². The fraction of sp³-hybridized carbons (Fsp3) is 1.00. The van der Waals surface area contributed by atoms with Crippen LogP contribution in [0, 0.1) is 40.9 Å². The molecule has 2 fully saturated rings. The minimum Gasteiger partial charge on any atom is -0.0651 e. The maximum Gasteiger partial charge on any atom is -0.0258 e. The summed E-state index contributed by atoms with van der Waals surface area (Å²) in [7, 11) is 0. The van der Waals surface area contributed by atoms with E-state index in [1.807, 2.05) is 0 Å². The average molecular weight is 236 g/mol. The highest BCUT2D eigenvalue weighted by atomic mass is 14.7. The number of hydrogen-bond donors (Lipinski definition) is 0. The summed E-state index contributed by atoms with van der Waals surface area (Å²) >= 11 is 0. The van der Waals surface area contributed by atoms with Crippen LogP contribution in [0.15, 0.2) is 0 Å². The zero-order valence-corrected chi connectivity index (χ0v) is 12.8. The summed E-state index contributed by atoms with van der Waals surface area (Å²) in [6, 6.07) is 0. The van der Waals surface area contributed by atoms with Gasteiger partial charge in [0.25, 0.3) is 0 Å². The molecule has 0 bridgehead atoms. The molecule has 0 heteroatoms. The molecule has 100 valence electrons. The molecule has 0 N–H and O–H groups in total. The molecule has 2 saturated carbocycles. The SMILES string of the molecule is CCC1CC2(CC(C(C)C)C(C)C(C)C)CC12. The molecule has 0 aromatic carbocycles. The summed E-state index contributed by atoms with van der Waals surface area (Å²) in [5.41, 5.74) is 0.832. The molecule has 17 heavy (non-hydrogen) atoms. The largest absolute Gasteiger partial charge is 0.0651 e. The Kier molecular flexibility index (Phi) is 3.63. The molecule has 0 saturated heterocycles. The Morgan fingerprint density at radius 2 is 1.65 bits per heavy atom. The molecule has 5 atom stereocenters. The molecule has 0 aromatic rings. The second kappa shape index (κ2) is 4.59. The van der Waals surface area contributed by atoms with Crippen LogP contribution in [0.1, 0.15) is 67.2 Å². The molecule has 0 heterocycles. The summed E-state index contributed by atoms with van der Waals surface area (Å²) in [6.07, 6.45) is 6.09. The smallest absolute Gasteiger partial charge is 0.0258 e. The quantitative estimate of drug-likeness (QED) is 0.581. The van der Waals surface area contributed by atoms with Crippen molar-refractivity contribution < 1.29 is 0 Å². The Hall–Kier alpha value is 0. The zero-order valence-electron chi connectivity index (χ0n) is 12.8. The lowest BCUT2D eigenvalue weighted by molar-refractivity contribution is 0.0908. The van der Waals surface area contributed by atoms with Crippen molar-refractivity contribution in [1.82, 2.24) is 0 Å². The normalized spacial score (nSPS) is 38.8. The van der Waals surface area contributed by atoms with Crippen LogP contribution in [-0.4, -0.2) is 0 Å². The Labute approximate surface area is 109 Å². The lowest BCUT2D eigenvalue weighted by atomic mass is 9.65. The van der Waals surface area contributed by atoms with E-state index < -0.39 is 0 Å². The monoisotopic (exact) mass is 236 g/mol. The first kappa shape index (κ1) is 13.4. The van der Waals surface area contributed by atoms with E-state index in [0.717, 1.165) is 40.9 Å². The van der Waals surface area contributed by atoms with Crippen molar-refractivity contribution in [3.05, 3.63) is 0 Å². The van der Waals surface area contributed by atoms with E-state index in [0.29, 0.717) is 0 Å². The Bertz CT molecular complexity index is 265. The fourth-order valence-corrected chi connectivity index (χ4v) is 4.52. The average Bonchev–Trinajstić information content (AvgIpc) is 2.81. The van der Waals surface area contributed by atoms with E-state index in [4.69, 9.17) is 0 Å². The molecule has 0 radical (unpaired) electrons. The van der Waals surface area contributed by atoms with E-state index in [9.17, 15) is 0 Å². The summed E-state index contributed by atoms with van der Waals surface area (Å²) in [5, 5.41) is 0. The van der Waals surface area contributed by atoms with Gasteiger partial charge in [0.2, 0.25) is 0 Å². The standard InChI is InChI=1S/C17H32/c1-7-14-8-17(10-16(14)17)9-15(12(4)5)13(6)11(2)3/h11-16H,7-10H2,1-6H3. The molecule has 0 aromatic heterocycles. The van der Waals surface area contributed by atoms with Crippen LogP contribution < -0.4 is 0 Å². The first-order valence-electron chi connectivity index (χ1n) is 7.91. The molecule has 2 aliphatic rings. The highest BCUT2D eigenvalue weighted by molar-refractivity contribution is 5.15. The first-order valence-corrected chi connectivity index (χ1v) is 7.91. The van der Waals surface area contributed by atoms with E-state index >= 15 is 0 Å². The van der Waals surface area contributed by atoms with Gasteiger partial charge in [-0.25, -0.2) is 0 Å². The third kappa shape index (κ3) is 2.29. The minimum atomic E-state index is 0.832. The Balaban J connectivity index is 1.92. The summed E-state index contributed by atoms with van der Waals surface area (Å²) in [6.45, 7) is 14.5. The highest BCUT2D eigenvalue weighted by Gasteiger charge is 2.66. The van der Waals surface area contributed by atoms with Crippen molar-refractivity contribution in [2.24, 2.45) is 40.9 Å². The van der Waals surface area contributed by atoms with Gasteiger partial charge in [0.05, 0.1) is 0 Å². The summed E-state index contributed by atoms with van der Waals surface area (Å²) in [4.78, 5) is 0. The van der Waals surface area contributed by atoms with Gasteiger partial charge >= 0.3 is 0 Å². The van der Waals surface area contributed by atoms with Gasteiger partial charge in [-0.15, -0.1) is 0 Å². The van der Waals surface area contributed by atoms with Crippen molar-refractivity contribution in [1.29, 1.82) is 0 Å². The molecule has 0 aliphatic heterocycles. The minimum absolute atomic E-state index is 0.832. The number of fused-ring (bicyclic) bond motifs is 1. The molecule has 0 spiro atoms. The van der Waals surface area contributed by atoms with Crippen LogP contribution in [0.25, 0.3) is 0 Å². The van der Waals surface area contributed by atoms with Gasteiger partial charge in [-0.1, -0.05) is 48.0 Å². The molecule has 2 rings (SSSR count). The van der Waals surface area contributed by atoms with Gasteiger partial charge in [0.15, 0.2) is 0 Å². The Morgan fingerprint density at radius 1 is 1.00 bits per heavy atom. The maximum absolute atomic E-state index is 2.49. The van der Waals surface area contributed by atoms with Crippen molar-refractivity contribution in [3.8, 4) is 0 Å². The van der Waals surface area contributed by atoms with Crippen molar-refractivity contribution in [2.45, 2.75) is 67.2 Å². The summed E-state index contributed by atoms with van der Waals surface area (Å²) < 4.78 is 0. The van der Waals surface area contributed by atoms with E-state index in [1.54, 1.807) is 12.8 Å². The second-order valence-corrected chi connectivity index (χ2v) is 7.76. The number of hydrogen-bond acceptors (Lipinski definition) is 0. The van der Waals surface area contributed by atoms with Crippen LogP contribution in [0.4, 0.5) is 0 Å². The lowest BCUT2D eigenvalue weighted by Gasteiger charge is -2.40.